The van der Waals surface area contributed by atoms with E-state index >= 15 is 0 Å². The minimum absolute atomic E-state index is 0.179. The predicted molar refractivity (Wildman–Crippen MR) is 120 cm³/mol. The van der Waals surface area contributed by atoms with E-state index in [0.29, 0.717) is 12.6 Å². The lowest BCUT2D eigenvalue weighted by atomic mass is 10.1. The van der Waals surface area contributed by atoms with Crippen molar-refractivity contribution in [2.75, 3.05) is 24.5 Å². The van der Waals surface area contributed by atoms with Gasteiger partial charge >= 0.3 is 0 Å². The zero-order valence-electron chi connectivity index (χ0n) is 17.1. The zero-order chi connectivity index (χ0) is 19.8. The van der Waals surface area contributed by atoms with Crippen LogP contribution in [0.1, 0.15) is 39.2 Å². The maximum atomic E-state index is 5.79. The van der Waals surface area contributed by atoms with Gasteiger partial charge < -0.3 is 20.3 Å². The maximum Gasteiger partial charge on any atom is 0.191 e. The van der Waals surface area contributed by atoms with Crippen molar-refractivity contribution in [2.45, 2.75) is 52.3 Å². The van der Waals surface area contributed by atoms with E-state index in [2.05, 4.69) is 52.1 Å². The molecule has 0 aliphatic carbocycles. The monoisotopic (exact) mass is 400 g/mol. The Morgan fingerprint density at radius 3 is 2.75 bits per heavy atom. The second-order valence-corrected chi connectivity index (χ2v) is 8.29. The molecule has 152 valence electrons. The van der Waals surface area contributed by atoms with Crippen molar-refractivity contribution in [2.24, 2.45) is 4.99 Å². The highest BCUT2D eigenvalue weighted by atomic mass is 32.1. The first-order valence-electron chi connectivity index (χ1n) is 10.2. The Morgan fingerprint density at radius 1 is 1.25 bits per heavy atom. The van der Waals surface area contributed by atoms with Crippen molar-refractivity contribution < 1.29 is 4.74 Å². The Morgan fingerprint density at radius 2 is 2.07 bits per heavy atom. The average Bonchev–Trinajstić information content (AvgIpc) is 3.21. The van der Waals surface area contributed by atoms with Crippen molar-refractivity contribution in [3.05, 3.63) is 47.3 Å². The van der Waals surface area contributed by atoms with Crippen molar-refractivity contribution >= 4 is 22.3 Å². The standard InChI is InChI=1S/C22H32N4OS/c1-4-23-22(24-16-18-7-5-8-20(15-18)27-17(2)3)25-19-10-12-26(13-11-19)21-9-6-14-28-21/h5-9,14-15,17,19H,4,10-13,16H2,1-3H3,(H2,23,24,25). The van der Waals surface area contributed by atoms with Crippen LogP contribution in [0.5, 0.6) is 5.75 Å². The number of thiophene rings is 1. The molecule has 0 spiro atoms. The third-order valence-electron chi connectivity index (χ3n) is 4.69. The van der Waals surface area contributed by atoms with Gasteiger partial charge in [-0.25, -0.2) is 4.99 Å². The lowest BCUT2D eigenvalue weighted by Crippen LogP contribution is -2.48. The maximum absolute atomic E-state index is 5.79. The third-order valence-corrected chi connectivity index (χ3v) is 5.62. The largest absolute Gasteiger partial charge is 0.491 e. The number of rotatable bonds is 7. The van der Waals surface area contributed by atoms with E-state index in [9.17, 15) is 0 Å². The Bertz CT molecular complexity index is 737. The summed E-state index contributed by atoms with van der Waals surface area (Å²) in [7, 11) is 0. The van der Waals surface area contributed by atoms with Crippen LogP contribution in [0.15, 0.2) is 46.8 Å². The molecule has 0 amide bonds. The summed E-state index contributed by atoms with van der Waals surface area (Å²) in [5.74, 6) is 1.80. The molecular weight excluding hydrogens is 368 g/mol. The molecule has 6 heteroatoms. The summed E-state index contributed by atoms with van der Waals surface area (Å²) >= 11 is 1.82. The molecule has 1 aliphatic rings. The van der Waals surface area contributed by atoms with Crippen molar-refractivity contribution in [1.82, 2.24) is 10.6 Å². The topological polar surface area (TPSA) is 48.9 Å². The quantitative estimate of drug-likeness (QED) is 0.539. The van der Waals surface area contributed by atoms with Gasteiger partial charge in [0.1, 0.15) is 5.75 Å². The molecule has 1 fully saturated rings. The smallest absolute Gasteiger partial charge is 0.191 e. The molecule has 2 heterocycles. The van der Waals surface area contributed by atoms with Gasteiger partial charge in [0, 0.05) is 25.7 Å². The van der Waals surface area contributed by atoms with Gasteiger partial charge in [-0.15, -0.1) is 11.3 Å². The zero-order valence-corrected chi connectivity index (χ0v) is 18.0. The Hall–Kier alpha value is -2.21. The summed E-state index contributed by atoms with van der Waals surface area (Å²) in [6, 6.07) is 13.0. The number of hydrogen-bond acceptors (Lipinski definition) is 4. The lowest BCUT2D eigenvalue weighted by Gasteiger charge is -2.33. The summed E-state index contributed by atoms with van der Waals surface area (Å²) in [6.45, 7) is 9.87. The van der Waals surface area contributed by atoms with Crippen molar-refractivity contribution in [3.63, 3.8) is 0 Å². The Kier molecular flexibility index (Phi) is 7.60. The molecule has 5 nitrogen and oxygen atoms in total. The number of nitrogens with zero attached hydrogens (tertiary/aromatic N) is 2. The van der Waals surface area contributed by atoms with E-state index in [0.717, 1.165) is 49.7 Å². The number of benzene rings is 1. The third kappa shape index (κ3) is 6.16. The molecule has 0 unspecified atom stereocenters. The highest BCUT2D eigenvalue weighted by Gasteiger charge is 2.20. The second kappa shape index (κ2) is 10.4. The molecule has 2 N–H and O–H groups in total. The normalized spacial score (nSPS) is 15.7. The van der Waals surface area contributed by atoms with Crippen LogP contribution in [0.25, 0.3) is 0 Å². The van der Waals surface area contributed by atoms with E-state index in [1.165, 1.54) is 5.00 Å². The van der Waals surface area contributed by atoms with Crippen LogP contribution in [0, 0.1) is 0 Å². The molecule has 1 aromatic carbocycles. The number of piperidine rings is 1. The van der Waals surface area contributed by atoms with Crippen LogP contribution in [0.4, 0.5) is 5.00 Å². The van der Waals surface area contributed by atoms with Gasteiger partial charge in [-0.3, -0.25) is 0 Å². The molecule has 0 bridgehead atoms. The number of guanidine groups is 1. The lowest BCUT2D eigenvalue weighted by molar-refractivity contribution is 0.242. The van der Waals surface area contributed by atoms with Crippen LogP contribution in [0.3, 0.4) is 0 Å². The molecule has 1 aromatic heterocycles. The molecule has 1 saturated heterocycles. The van der Waals surface area contributed by atoms with Gasteiger partial charge in [-0.05, 0) is 68.8 Å². The first-order valence-corrected chi connectivity index (χ1v) is 11.1. The van der Waals surface area contributed by atoms with E-state index in [4.69, 9.17) is 9.73 Å². The van der Waals surface area contributed by atoms with Crippen LogP contribution >= 0.6 is 11.3 Å². The Balaban J connectivity index is 1.54. The fourth-order valence-electron chi connectivity index (χ4n) is 3.37. The van der Waals surface area contributed by atoms with Gasteiger partial charge in [0.05, 0.1) is 17.6 Å². The molecule has 0 atom stereocenters. The summed E-state index contributed by atoms with van der Waals surface area (Å²) < 4.78 is 5.79. The Labute approximate surface area is 172 Å². The highest BCUT2D eigenvalue weighted by Crippen LogP contribution is 2.24. The van der Waals surface area contributed by atoms with E-state index in [1.54, 1.807) is 0 Å². The van der Waals surface area contributed by atoms with Crippen molar-refractivity contribution in [1.29, 1.82) is 0 Å². The van der Waals surface area contributed by atoms with Crippen LogP contribution in [0.2, 0.25) is 0 Å². The van der Waals surface area contributed by atoms with E-state index < -0.39 is 0 Å². The minimum atomic E-state index is 0.179. The SMILES string of the molecule is CCNC(=NCc1cccc(OC(C)C)c1)NC1CCN(c2cccs2)CC1. The number of nitrogens with one attached hydrogen (secondary N) is 2. The number of aliphatic imine (C=N–C) groups is 1. The van der Waals surface area contributed by atoms with Gasteiger partial charge in [-0.1, -0.05) is 12.1 Å². The minimum Gasteiger partial charge on any atom is -0.491 e. The number of hydrogen-bond donors (Lipinski definition) is 2. The van der Waals surface area contributed by atoms with E-state index in [1.807, 2.05) is 37.3 Å². The van der Waals surface area contributed by atoms with Gasteiger partial charge in [-0.2, -0.15) is 0 Å². The molecule has 1 aliphatic heterocycles. The molecular formula is C22H32N4OS. The van der Waals surface area contributed by atoms with Crippen LogP contribution in [-0.4, -0.2) is 37.7 Å². The fourth-order valence-corrected chi connectivity index (χ4v) is 4.15. The first-order chi connectivity index (χ1) is 13.6. The molecule has 2 aromatic rings. The molecule has 0 saturated carbocycles. The molecule has 28 heavy (non-hydrogen) atoms. The highest BCUT2D eigenvalue weighted by molar-refractivity contribution is 7.14. The first kappa shape index (κ1) is 20.5. The van der Waals surface area contributed by atoms with Gasteiger partial charge in [0.2, 0.25) is 0 Å². The van der Waals surface area contributed by atoms with Gasteiger partial charge in [0.25, 0.3) is 0 Å². The summed E-state index contributed by atoms with van der Waals surface area (Å²) in [5, 5.41) is 10.5. The van der Waals surface area contributed by atoms with E-state index in [-0.39, 0.29) is 6.10 Å². The summed E-state index contributed by atoms with van der Waals surface area (Å²) in [5.41, 5.74) is 1.16. The van der Waals surface area contributed by atoms with Crippen LogP contribution in [-0.2, 0) is 6.54 Å². The molecule has 0 radical (unpaired) electrons. The number of ether oxygens (including phenoxy) is 1. The summed E-state index contributed by atoms with van der Waals surface area (Å²) in [6.07, 6.45) is 2.43. The van der Waals surface area contributed by atoms with Gasteiger partial charge in [0.15, 0.2) is 5.96 Å². The number of anilines is 1. The van der Waals surface area contributed by atoms with Crippen molar-refractivity contribution in [3.8, 4) is 5.75 Å². The van der Waals surface area contributed by atoms with Crippen LogP contribution < -0.4 is 20.3 Å². The summed E-state index contributed by atoms with van der Waals surface area (Å²) in [4.78, 5) is 7.27. The average molecular weight is 401 g/mol. The molecule has 3 rings (SSSR count). The second-order valence-electron chi connectivity index (χ2n) is 7.37. The predicted octanol–water partition coefficient (Wildman–Crippen LogP) is 4.26. The fraction of sp³-hybridized carbons (Fsp3) is 0.500.